The van der Waals surface area contributed by atoms with E-state index in [0.717, 1.165) is 50.1 Å². The molecule has 656 valence electrons. The fourth-order valence-corrected chi connectivity index (χ4v) is 19.5. The Balaban J connectivity index is 0.532. The molecule has 0 spiro atoms. The van der Waals surface area contributed by atoms with Gasteiger partial charge in [-0.3, -0.25) is 4.90 Å². The molecule has 0 unspecified atom stereocenters. The van der Waals surface area contributed by atoms with Crippen molar-refractivity contribution in [1.29, 1.82) is 0 Å². The van der Waals surface area contributed by atoms with E-state index in [9.17, 15) is 25.3 Å². The summed E-state index contributed by atoms with van der Waals surface area (Å²) in [6, 6.07) is 31.8. The maximum absolute atomic E-state index is 13.4. The fraction of sp³-hybridized carbons (Fsp3) is 0.481. The Morgan fingerprint density at radius 2 is 0.612 bits per heavy atom. The lowest BCUT2D eigenvalue weighted by molar-refractivity contribution is 0.0137. The van der Waals surface area contributed by atoms with Gasteiger partial charge >= 0.3 is 0 Å². The Bertz CT molecular complexity index is 4720. The number of halogens is 6. The number of sulfonamides is 3. The topological polar surface area (TPSA) is 327 Å². The first kappa shape index (κ1) is 93.8. The predicted octanol–water partition coefficient (Wildman–Crippen LogP) is 9.40. The number of rotatable bonds is 51. The highest BCUT2D eigenvalue weighted by molar-refractivity contribution is 7.90. The minimum atomic E-state index is -3.83. The van der Waals surface area contributed by atoms with Crippen LogP contribution in [-0.4, -0.2) is 269 Å². The molecule has 31 nitrogen and oxygen atoms in total. The Morgan fingerprint density at radius 1 is 0.355 bits per heavy atom. The normalized spacial score (nSPS) is 16.2. The maximum atomic E-state index is 13.4. The lowest BCUT2D eigenvalue weighted by Crippen LogP contribution is -2.31. The molecule has 6 heterocycles. The third-order valence-corrected chi connectivity index (χ3v) is 26.4. The molecular formula is C81H102Cl6N16O15S3. The molecule has 0 amide bonds. The van der Waals surface area contributed by atoms with Crippen molar-refractivity contribution in [2.45, 2.75) is 91.3 Å². The van der Waals surface area contributed by atoms with Crippen LogP contribution in [0.2, 0.25) is 30.1 Å². The first-order valence-electron chi connectivity index (χ1n) is 39.8. The molecular weight excluding hydrogens is 1750 g/mol. The van der Waals surface area contributed by atoms with Gasteiger partial charge in [-0.25, -0.2) is 53.5 Å². The standard InChI is InChI=1S/C81H102Cl6N16O15S3/c1-97-52-73(70-40-61(82)43-79(85)76(70)55-97)58-7-4-10-67(37-58)119(104,105)88-13-19-110-25-31-116-34-28-113-22-16-101-49-64(91-94-101)46-100(47-65-50-102(95-92-65)17-23-114-29-35-117-32-26-111-20-14-89-120(106,107)68-11-5-8-59(38-68)74-53-98(2)56-77-71(74)41-62(83)44-80(77)86)48-66-51-103(96-93-66)18-24-115-30-36-118-33-27-112-21-15-90-121(108,109)69-12-6-9-60(39-69)75-54-99(3)57-78-72(75)42-63(84)45-81(78)87/h4-12,37-45,49-51,73-75,88-90H,13-36,46-48,52-57H2,1-3H3/t73-,74-,75-/m0/s1. The highest BCUT2D eigenvalue weighted by Crippen LogP contribution is 2.42. The minimum Gasteiger partial charge on any atom is -0.378 e. The van der Waals surface area contributed by atoms with Gasteiger partial charge in [0.05, 0.1) is 170 Å². The molecule has 0 aliphatic carbocycles. The van der Waals surface area contributed by atoms with Gasteiger partial charge in [-0.05, 0) is 144 Å². The van der Waals surface area contributed by atoms with E-state index in [1.165, 1.54) is 0 Å². The van der Waals surface area contributed by atoms with Crippen LogP contribution in [0.1, 0.15) is 84.9 Å². The number of fused-ring (bicyclic) bond motifs is 3. The first-order valence-corrected chi connectivity index (χ1v) is 46.5. The number of ether oxygens (including phenoxy) is 9. The van der Waals surface area contributed by atoms with Crippen molar-refractivity contribution in [1.82, 2.24) is 78.7 Å². The van der Waals surface area contributed by atoms with Crippen molar-refractivity contribution in [3.8, 4) is 0 Å². The zero-order chi connectivity index (χ0) is 85.3. The van der Waals surface area contributed by atoms with Crippen molar-refractivity contribution in [3.63, 3.8) is 0 Å². The Labute approximate surface area is 736 Å². The van der Waals surface area contributed by atoms with Crippen LogP contribution in [0.3, 0.4) is 0 Å². The van der Waals surface area contributed by atoms with Gasteiger partial charge in [0, 0.05) is 145 Å². The molecule has 121 heavy (non-hydrogen) atoms. The monoisotopic (exact) mass is 1840 g/mol. The van der Waals surface area contributed by atoms with Crippen molar-refractivity contribution >= 4 is 99.7 Å². The molecule has 9 aromatic rings. The molecule has 0 bridgehead atoms. The van der Waals surface area contributed by atoms with Crippen molar-refractivity contribution in [2.75, 3.05) is 179 Å². The van der Waals surface area contributed by atoms with Gasteiger partial charge in [0.2, 0.25) is 30.1 Å². The molecule has 3 aliphatic heterocycles. The summed E-state index contributed by atoms with van der Waals surface area (Å²) in [5, 5.41) is 29.9. The quantitative estimate of drug-likeness (QED) is 0.0299. The minimum absolute atomic E-state index is 0.0774. The van der Waals surface area contributed by atoms with Gasteiger partial charge in [0.25, 0.3) is 0 Å². The second-order valence-electron chi connectivity index (χ2n) is 29.6. The smallest absolute Gasteiger partial charge is 0.240 e. The summed E-state index contributed by atoms with van der Waals surface area (Å²) in [5.41, 5.74) is 10.6. The van der Waals surface area contributed by atoms with E-state index in [2.05, 4.69) is 64.7 Å². The number of nitrogens with one attached hydrogen (secondary N) is 3. The molecule has 6 aromatic carbocycles. The van der Waals surface area contributed by atoms with Crippen LogP contribution >= 0.6 is 69.6 Å². The van der Waals surface area contributed by atoms with E-state index in [1.807, 2.05) is 76.1 Å². The molecule has 3 aromatic heterocycles. The van der Waals surface area contributed by atoms with Crippen molar-refractivity contribution in [3.05, 3.63) is 225 Å². The number of nitrogens with zero attached hydrogens (tertiary/aromatic N) is 13. The van der Waals surface area contributed by atoms with Gasteiger partial charge < -0.3 is 57.3 Å². The lowest BCUT2D eigenvalue weighted by atomic mass is 9.85. The van der Waals surface area contributed by atoms with Crippen LogP contribution in [-0.2, 0) is 132 Å². The molecule has 12 rings (SSSR count). The van der Waals surface area contributed by atoms with Crippen molar-refractivity contribution in [2.24, 2.45) is 0 Å². The molecule has 0 saturated heterocycles. The summed E-state index contributed by atoms with van der Waals surface area (Å²) in [4.78, 5) is 9.05. The largest absolute Gasteiger partial charge is 0.378 e. The number of aromatic nitrogens is 9. The predicted molar refractivity (Wildman–Crippen MR) is 459 cm³/mol. The second kappa shape index (κ2) is 46.2. The average Bonchev–Trinajstić information content (AvgIpc) is 1.33. The van der Waals surface area contributed by atoms with Gasteiger partial charge in [-0.15, -0.1) is 15.3 Å². The van der Waals surface area contributed by atoms with E-state index in [0.29, 0.717) is 205 Å². The number of hydrogen-bond donors (Lipinski definition) is 3. The first-order chi connectivity index (χ1) is 58.4. The lowest BCUT2D eigenvalue weighted by Gasteiger charge is -2.33. The van der Waals surface area contributed by atoms with E-state index >= 15 is 0 Å². The summed E-state index contributed by atoms with van der Waals surface area (Å²) in [7, 11) is -5.46. The van der Waals surface area contributed by atoms with E-state index in [4.69, 9.17) is 112 Å². The molecule has 0 fully saturated rings. The summed E-state index contributed by atoms with van der Waals surface area (Å²) >= 11 is 38.9. The molecule has 3 aliphatic rings. The molecule has 3 atom stereocenters. The van der Waals surface area contributed by atoms with Crippen LogP contribution in [0.15, 0.2) is 142 Å². The average molecular weight is 1850 g/mol. The van der Waals surface area contributed by atoms with Crippen LogP contribution in [0, 0.1) is 0 Å². The Morgan fingerprint density at radius 3 is 0.884 bits per heavy atom. The number of benzene rings is 6. The molecule has 0 saturated carbocycles. The van der Waals surface area contributed by atoms with E-state index < -0.39 is 30.1 Å². The van der Waals surface area contributed by atoms with Gasteiger partial charge in [-0.2, -0.15) is 0 Å². The van der Waals surface area contributed by atoms with Crippen LogP contribution in [0.25, 0.3) is 0 Å². The Hall–Kier alpha value is -6.31. The van der Waals surface area contributed by atoms with E-state index in [-0.39, 0.29) is 91.7 Å². The third-order valence-electron chi connectivity index (χ3n) is 20.3. The van der Waals surface area contributed by atoms with Gasteiger partial charge in [0.15, 0.2) is 0 Å². The maximum Gasteiger partial charge on any atom is 0.240 e. The number of hydrogen-bond acceptors (Lipinski definition) is 25. The van der Waals surface area contributed by atoms with E-state index in [1.54, 1.807) is 86.8 Å². The summed E-state index contributed by atoms with van der Waals surface area (Å²) in [5.74, 6) is -0.329. The van der Waals surface area contributed by atoms with Gasteiger partial charge in [0.1, 0.15) is 0 Å². The number of likely N-dealkylation sites (N-methyl/N-ethyl adjacent to an activating group) is 3. The zero-order valence-electron chi connectivity index (χ0n) is 67.6. The third kappa shape index (κ3) is 28.1. The summed E-state index contributed by atoms with van der Waals surface area (Å²) in [6.45, 7) is 11.9. The van der Waals surface area contributed by atoms with Crippen molar-refractivity contribution < 1.29 is 67.9 Å². The summed E-state index contributed by atoms with van der Waals surface area (Å²) < 4.78 is 145. The molecule has 0 radical (unpaired) electrons. The van der Waals surface area contributed by atoms with Crippen LogP contribution < -0.4 is 14.2 Å². The molecule has 3 N–H and O–H groups in total. The SMILES string of the molecule is CN1Cc2c(Cl)cc(Cl)cc2[C@H](c2cccc(S(=O)(=O)NCCOCCOCCOCCn3cc(CN(Cc4cn(CCOCCOCCOCCNS(=O)(=O)c5cccc([C@@H]6CN(C)Cc7c(Cl)cc(Cl)cc76)c5)nn4)Cc4cn(CCOCCOCCOCCNS(=O)(=O)c5cccc([C@@H]6CN(C)Cc7c(Cl)cc(Cl)cc76)c5)nn4)nn3)c2)C1. The van der Waals surface area contributed by atoms with Crippen LogP contribution in [0.4, 0.5) is 0 Å². The van der Waals surface area contributed by atoms with Crippen LogP contribution in [0.5, 0.6) is 0 Å². The second-order valence-corrected chi connectivity index (χ2v) is 37.4. The highest BCUT2D eigenvalue weighted by atomic mass is 35.5. The fourth-order valence-electron chi connectivity index (χ4n) is 14.6. The Kier molecular flexibility index (Phi) is 35.9. The highest BCUT2D eigenvalue weighted by Gasteiger charge is 2.33. The summed E-state index contributed by atoms with van der Waals surface area (Å²) in [6.07, 6.45) is 5.58. The zero-order valence-corrected chi connectivity index (χ0v) is 74.6. The molecule has 40 heteroatoms. The van der Waals surface area contributed by atoms with Gasteiger partial charge in [-0.1, -0.05) is 122 Å².